The first kappa shape index (κ1) is 19.2. The van der Waals surface area contributed by atoms with E-state index in [1.807, 2.05) is 18.2 Å². The first-order valence-electron chi connectivity index (χ1n) is 7.36. The van der Waals surface area contributed by atoms with E-state index in [1.165, 1.54) is 12.7 Å². The van der Waals surface area contributed by atoms with Crippen LogP contribution >= 0.6 is 12.4 Å². The van der Waals surface area contributed by atoms with Crippen LogP contribution in [0.5, 0.6) is 0 Å². The number of nitrogens with zero attached hydrogens (tertiary/aromatic N) is 1. The highest BCUT2D eigenvalue weighted by molar-refractivity contribution is 5.86. The summed E-state index contributed by atoms with van der Waals surface area (Å²) in [5, 5.41) is 0. The second kappa shape index (κ2) is 10.0. The van der Waals surface area contributed by atoms with Gasteiger partial charge in [0.15, 0.2) is 0 Å². The number of hydrogen-bond donors (Lipinski definition) is 1. The van der Waals surface area contributed by atoms with E-state index in [-0.39, 0.29) is 18.2 Å². The highest BCUT2D eigenvalue weighted by Gasteiger charge is 2.13. The van der Waals surface area contributed by atoms with E-state index >= 15 is 0 Å². The number of rotatable bonds is 8. The molecule has 0 bridgehead atoms. The lowest BCUT2D eigenvalue weighted by Gasteiger charge is -2.20. The number of benzene rings is 1. The molecular weight excluding hydrogens is 316 g/mol. The van der Waals surface area contributed by atoms with Crippen molar-refractivity contribution in [1.82, 2.24) is 4.90 Å². The molecule has 23 heavy (non-hydrogen) atoms. The van der Waals surface area contributed by atoms with Crippen LogP contribution in [0.4, 0.5) is 0 Å². The largest absolute Gasteiger partial charge is 0.463 e. The molecule has 126 valence electrons. The molecule has 0 saturated carbocycles. The molecule has 2 aromatic rings. The van der Waals surface area contributed by atoms with Crippen molar-refractivity contribution in [3.8, 4) is 0 Å². The Morgan fingerprint density at radius 2 is 1.91 bits per heavy atom. The molecule has 0 unspecified atom stereocenters. The van der Waals surface area contributed by atoms with Crippen LogP contribution in [0.15, 0.2) is 46.9 Å². The summed E-state index contributed by atoms with van der Waals surface area (Å²) >= 11 is 0. The Hall–Kier alpha value is -1.82. The second-order valence-electron chi connectivity index (χ2n) is 5.06. The van der Waals surface area contributed by atoms with Crippen LogP contribution < -0.4 is 5.73 Å². The van der Waals surface area contributed by atoms with Gasteiger partial charge < -0.3 is 14.9 Å². The van der Waals surface area contributed by atoms with Gasteiger partial charge in [-0.3, -0.25) is 4.90 Å². The number of halogens is 1. The quantitative estimate of drug-likeness (QED) is 0.749. The minimum Gasteiger partial charge on any atom is -0.463 e. The fraction of sp³-hybridized carbons (Fsp3) is 0.353. The number of ether oxygens (including phenoxy) is 1. The highest BCUT2D eigenvalue weighted by atomic mass is 35.5. The van der Waals surface area contributed by atoms with Crippen molar-refractivity contribution in [3.63, 3.8) is 0 Å². The smallest absolute Gasteiger partial charge is 0.373 e. The van der Waals surface area contributed by atoms with E-state index in [0.29, 0.717) is 13.1 Å². The van der Waals surface area contributed by atoms with Gasteiger partial charge in [0.25, 0.3) is 0 Å². The van der Waals surface area contributed by atoms with Crippen LogP contribution in [0.2, 0.25) is 0 Å². The molecule has 1 heterocycles. The fourth-order valence-corrected chi connectivity index (χ4v) is 2.28. The Bertz CT molecular complexity index is 587. The Morgan fingerprint density at radius 3 is 2.57 bits per heavy atom. The highest BCUT2D eigenvalue weighted by Crippen LogP contribution is 2.12. The van der Waals surface area contributed by atoms with Crippen molar-refractivity contribution in [2.24, 2.45) is 5.73 Å². The Labute approximate surface area is 142 Å². The molecule has 0 spiro atoms. The lowest BCUT2D eigenvalue weighted by molar-refractivity contribution is 0.0561. The van der Waals surface area contributed by atoms with Crippen molar-refractivity contribution < 1.29 is 13.9 Å². The van der Waals surface area contributed by atoms with Crippen LogP contribution in [-0.4, -0.2) is 37.6 Å². The number of carbonyl (C=O) groups excluding carboxylic acids is 1. The Kier molecular flexibility index (Phi) is 8.40. The molecule has 6 heteroatoms. The summed E-state index contributed by atoms with van der Waals surface area (Å²) in [4.78, 5) is 13.6. The molecule has 2 rings (SSSR count). The Balaban J connectivity index is 0.00000264. The SMILES string of the molecule is COC(=O)c1ccc(CN(CCN)CCc2ccccc2)o1.Cl. The fourth-order valence-electron chi connectivity index (χ4n) is 2.28. The van der Waals surface area contributed by atoms with Gasteiger partial charge in [0.05, 0.1) is 13.7 Å². The molecule has 0 aliphatic carbocycles. The lowest BCUT2D eigenvalue weighted by atomic mass is 10.1. The van der Waals surface area contributed by atoms with Crippen LogP contribution in [-0.2, 0) is 17.7 Å². The zero-order valence-corrected chi connectivity index (χ0v) is 14.1. The normalized spacial score (nSPS) is 10.4. The van der Waals surface area contributed by atoms with E-state index in [0.717, 1.165) is 25.3 Å². The maximum Gasteiger partial charge on any atom is 0.373 e. The van der Waals surface area contributed by atoms with Crippen molar-refractivity contribution in [3.05, 3.63) is 59.5 Å². The molecule has 2 N–H and O–H groups in total. The van der Waals surface area contributed by atoms with Crippen LogP contribution in [0.25, 0.3) is 0 Å². The molecule has 0 saturated heterocycles. The number of nitrogens with two attached hydrogens (primary N) is 1. The summed E-state index contributed by atoms with van der Waals surface area (Å²) in [5.74, 6) is 0.510. The minimum absolute atomic E-state index is 0. The molecule has 0 amide bonds. The van der Waals surface area contributed by atoms with Gasteiger partial charge in [-0.05, 0) is 24.1 Å². The van der Waals surface area contributed by atoms with Crippen LogP contribution in [0.3, 0.4) is 0 Å². The average Bonchev–Trinajstić information content (AvgIpc) is 3.01. The van der Waals surface area contributed by atoms with Gasteiger partial charge in [-0.15, -0.1) is 12.4 Å². The van der Waals surface area contributed by atoms with E-state index in [1.54, 1.807) is 12.1 Å². The van der Waals surface area contributed by atoms with Crippen molar-refractivity contribution in [2.45, 2.75) is 13.0 Å². The minimum atomic E-state index is -0.457. The number of hydrogen-bond acceptors (Lipinski definition) is 5. The summed E-state index contributed by atoms with van der Waals surface area (Å²) in [6.45, 7) is 2.87. The average molecular weight is 339 g/mol. The maximum atomic E-state index is 11.4. The maximum absolute atomic E-state index is 11.4. The van der Waals surface area contributed by atoms with Crippen molar-refractivity contribution in [1.29, 1.82) is 0 Å². The molecule has 0 radical (unpaired) electrons. The number of furan rings is 1. The molecule has 5 nitrogen and oxygen atoms in total. The van der Waals surface area contributed by atoms with Crippen molar-refractivity contribution in [2.75, 3.05) is 26.7 Å². The number of esters is 1. The third kappa shape index (κ3) is 6.06. The number of methoxy groups -OCH3 is 1. The molecular formula is C17H23ClN2O3. The predicted octanol–water partition coefficient (Wildman–Crippen LogP) is 2.49. The summed E-state index contributed by atoms with van der Waals surface area (Å²) in [7, 11) is 1.34. The zero-order chi connectivity index (χ0) is 15.8. The summed E-state index contributed by atoms with van der Waals surface area (Å²) in [6.07, 6.45) is 0.950. The molecule has 1 aromatic carbocycles. The van der Waals surface area contributed by atoms with Gasteiger partial charge in [0.2, 0.25) is 5.76 Å². The van der Waals surface area contributed by atoms with Gasteiger partial charge in [-0.1, -0.05) is 30.3 Å². The van der Waals surface area contributed by atoms with Crippen LogP contribution in [0.1, 0.15) is 21.9 Å². The monoisotopic (exact) mass is 338 g/mol. The van der Waals surface area contributed by atoms with Gasteiger partial charge in [-0.2, -0.15) is 0 Å². The predicted molar refractivity (Wildman–Crippen MR) is 91.8 cm³/mol. The third-order valence-electron chi connectivity index (χ3n) is 3.43. The van der Waals surface area contributed by atoms with Gasteiger partial charge >= 0.3 is 5.97 Å². The van der Waals surface area contributed by atoms with E-state index in [4.69, 9.17) is 10.2 Å². The molecule has 0 fully saturated rings. The topological polar surface area (TPSA) is 68.7 Å². The van der Waals surface area contributed by atoms with Gasteiger partial charge in [0, 0.05) is 19.6 Å². The number of carbonyl (C=O) groups is 1. The lowest BCUT2D eigenvalue weighted by Crippen LogP contribution is -2.30. The van der Waals surface area contributed by atoms with Crippen LogP contribution in [0, 0.1) is 0 Å². The van der Waals surface area contributed by atoms with E-state index < -0.39 is 5.97 Å². The summed E-state index contributed by atoms with van der Waals surface area (Å²) < 4.78 is 10.1. The van der Waals surface area contributed by atoms with E-state index in [9.17, 15) is 4.79 Å². The Morgan fingerprint density at radius 1 is 1.17 bits per heavy atom. The first-order valence-corrected chi connectivity index (χ1v) is 7.36. The molecule has 1 aromatic heterocycles. The van der Waals surface area contributed by atoms with Crippen molar-refractivity contribution >= 4 is 18.4 Å². The second-order valence-corrected chi connectivity index (χ2v) is 5.06. The molecule has 0 atom stereocenters. The van der Waals surface area contributed by atoms with Gasteiger partial charge in [-0.25, -0.2) is 4.79 Å². The zero-order valence-electron chi connectivity index (χ0n) is 13.2. The molecule has 0 aliphatic heterocycles. The standard InChI is InChI=1S/C17H22N2O3.ClH/c1-21-17(20)16-8-7-15(22-16)13-19(12-10-18)11-9-14-5-3-2-4-6-14;/h2-8H,9-13,18H2,1H3;1H. The summed E-state index contributed by atoms with van der Waals surface area (Å²) in [6, 6.07) is 13.8. The van der Waals surface area contributed by atoms with Gasteiger partial charge in [0.1, 0.15) is 5.76 Å². The summed E-state index contributed by atoms with van der Waals surface area (Å²) in [5.41, 5.74) is 6.97. The first-order chi connectivity index (χ1) is 10.7. The third-order valence-corrected chi connectivity index (χ3v) is 3.43. The van der Waals surface area contributed by atoms with E-state index in [2.05, 4.69) is 21.8 Å². The molecule has 0 aliphatic rings.